The van der Waals surface area contributed by atoms with Gasteiger partial charge < -0.3 is 9.64 Å². The van der Waals surface area contributed by atoms with Crippen molar-refractivity contribution in [3.63, 3.8) is 0 Å². The number of carbonyl (C=O) groups excluding carboxylic acids is 1. The van der Waals surface area contributed by atoms with Gasteiger partial charge in [-0.3, -0.25) is 4.90 Å². The molecule has 26 heavy (non-hydrogen) atoms. The zero-order chi connectivity index (χ0) is 19.5. The Labute approximate surface area is 155 Å². The molecule has 146 valence electrons. The molecule has 4 nitrogen and oxygen atoms in total. The number of likely N-dealkylation sites (tertiary alicyclic amines) is 2. The highest BCUT2D eigenvalue weighted by Crippen LogP contribution is 2.42. The molecule has 0 aliphatic carbocycles. The average Bonchev–Trinajstić information content (AvgIpc) is 2.49. The number of ether oxygens (including phenoxy) is 1. The van der Waals surface area contributed by atoms with E-state index in [-0.39, 0.29) is 26.2 Å². The van der Waals surface area contributed by atoms with Crippen LogP contribution in [0.1, 0.15) is 27.7 Å². The maximum atomic E-state index is 14.6. The summed E-state index contributed by atoms with van der Waals surface area (Å²) < 4.78 is 34.6. The topological polar surface area (TPSA) is 32.8 Å². The highest BCUT2D eigenvalue weighted by atomic mass is 19.3. The Morgan fingerprint density at radius 2 is 1.81 bits per heavy atom. The second-order valence-electron chi connectivity index (χ2n) is 8.12. The smallest absolute Gasteiger partial charge is 0.410 e. The van der Waals surface area contributed by atoms with Crippen molar-refractivity contribution in [2.75, 3.05) is 32.7 Å². The number of nitrogens with zero attached hydrogens (tertiary/aromatic N) is 2. The summed E-state index contributed by atoms with van der Waals surface area (Å²) in [6, 6.07) is 0. The summed E-state index contributed by atoms with van der Waals surface area (Å²) in [4.78, 5) is 15.8. The predicted molar refractivity (Wildman–Crippen MR) is 99.3 cm³/mol. The van der Waals surface area contributed by atoms with Gasteiger partial charge in [0.05, 0.1) is 11.8 Å². The molecule has 0 spiro atoms. The third kappa shape index (κ3) is 4.93. The van der Waals surface area contributed by atoms with E-state index in [0.29, 0.717) is 6.54 Å². The first-order valence-electron chi connectivity index (χ1n) is 9.09. The number of rotatable bonds is 4. The fourth-order valence-corrected chi connectivity index (χ4v) is 3.51. The molecule has 6 heteroatoms. The molecule has 2 aliphatic heterocycles. The normalized spacial score (nSPS) is 26.8. The van der Waals surface area contributed by atoms with Gasteiger partial charge in [0.2, 0.25) is 0 Å². The SMILES string of the molecule is C=C/C(=C\C=C/C)CN1CC2CN(C(=O)OC(C)(C)C)CC(C1)C2(F)F. The van der Waals surface area contributed by atoms with Crippen LogP contribution in [0, 0.1) is 11.8 Å². The standard InChI is InChI=1S/C20H30F2N2O2/c1-6-8-9-15(7-2)10-23-11-16-13-24(18(25)26-19(3,4)5)14-17(12-23)20(16,21)22/h6-9,16-17H,2,10-14H2,1,3-5H3/b8-6-,15-9+. The number of allylic oxidation sites excluding steroid dienone is 3. The molecule has 2 fully saturated rings. The Balaban J connectivity index is 2.07. The van der Waals surface area contributed by atoms with E-state index in [9.17, 15) is 13.6 Å². The summed E-state index contributed by atoms with van der Waals surface area (Å²) in [7, 11) is 0. The van der Waals surface area contributed by atoms with Crippen LogP contribution < -0.4 is 0 Å². The number of hydrogen-bond donors (Lipinski definition) is 0. The van der Waals surface area contributed by atoms with Gasteiger partial charge in [-0.25, -0.2) is 13.6 Å². The number of hydrogen-bond acceptors (Lipinski definition) is 3. The highest BCUT2D eigenvalue weighted by molar-refractivity contribution is 5.68. The summed E-state index contributed by atoms with van der Waals surface area (Å²) in [6.07, 6.45) is 7.04. The lowest BCUT2D eigenvalue weighted by molar-refractivity contribution is -0.182. The average molecular weight is 368 g/mol. The van der Waals surface area contributed by atoms with Gasteiger partial charge in [-0.05, 0) is 33.3 Å². The molecule has 1 amide bonds. The van der Waals surface area contributed by atoms with Gasteiger partial charge in [0.15, 0.2) is 0 Å². The minimum absolute atomic E-state index is 0.0247. The van der Waals surface area contributed by atoms with Crippen LogP contribution in [0.15, 0.2) is 36.5 Å². The molecule has 2 saturated heterocycles. The predicted octanol–water partition coefficient (Wildman–Crippen LogP) is 4.11. The van der Waals surface area contributed by atoms with Gasteiger partial charge in [0.25, 0.3) is 5.92 Å². The molecular formula is C20H30F2N2O2. The van der Waals surface area contributed by atoms with Crippen molar-refractivity contribution in [1.29, 1.82) is 0 Å². The van der Waals surface area contributed by atoms with Crippen molar-refractivity contribution in [2.24, 2.45) is 11.8 Å². The summed E-state index contributed by atoms with van der Waals surface area (Å²) in [6.45, 7) is 12.2. The number of fused-ring (bicyclic) bond motifs is 2. The Bertz CT molecular complexity index is 575. The van der Waals surface area contributed by atoms with Crippen molar-refractivity contribution in [1.82, 2.24) is 9.80 Å². The van der Waals surface area contributed by atoms with Crippen molar-refractivity contribution in [2.45, 2.75) is 39.2 Å². The lowest BCUT2D eigenvalue weighted by Crippen LogP contribution is -2.64. The molecule has 0 aromatic rings. The van der Waals surface area contributed by atoms with E-state index >= 15 is 0 Å². The minimum Gasteiger partial charge on any atom is -0.444 e. The zero-order valence-corrected chi connectivity index (χ0v) is 16.2. The third-order valence-electron chi connectivity index (χ3n) is 4.75. The number of piperidine rings is 2. The van der Waals surface area contributed by atoms with Gasteiger partial charge in [-0.1, -0.05) is 30.9 Å². The van der Waals surface area contributed by atoms with E-state index in [1.807, 2.05) is 30.1 Å². The minimum atomic E-state index is -2.75. The first kappa shape index (κ1) is 20.6. The first-order chi connectivity index (χ1) is 12.1. The largest absolute Gasteiger partial charge is 0.444 e. The number of alkyl halides is 2. The fourth-order valence-electron chi connectivity index (χ4n) is 3.51. The molecule has 2 atom stereocenters. The van der Waals surface area contributed by atoms with Gasteiger partial charge in [-0.2, -0.15) is 0 Å². The summed E-state index contributed by atoms with van der Waals surface area (Å²) in [5.74, 6) is -4.51. The van der Waals surface area contributed by atoms with Crippen LogP contribution in [0.25, 0.3) is 0 Å². The second kappa shape index (κ2) is 7.91. The number of halogens is 2. The molecule has 0 radical (unpaired) electrons. The van der Waals surface area contributed by atoms with Gasteiger partial charge in [-0.15, -0.1) is 0 Å². The Morgan fingerprint density at radius 3 is 2.27 bits per heavy atom. The molecule has 2 rings (SSSR count). The quantitative estimate of drug-likeness (QED) is 0.700. The van der Waals surface area contributed by atoms with Crippen LogP contribution in [0.3, 0.4) is 0 Å². The molecule has 0 saturated carbocycles. The Kier molecular flexibility index (Phi) is 6.27. The van der Waals surface area contributed by atoms with Crippen LogP contribution in [-0.4, -0.2) is 60.1 Å². The third-order valence-corrected chi connectivity index (χ3v) is 4.75. The van der Waals surface area contributed by atoms with Crippen LogP contribution >= 0.6 is 0 Å². The van der Waals surface area contributed by atoms with Gasteiger partial charge in [0, 0.05) is 32.7 Å². The summed E-state index contributed by atoms with van der Waals surface area (Å²) in [5.41, 5.74) is 0.365. The first-order valence-corrected chi connectivity index (χ1v) is 9.09. The summed E-state index contributed by atoms with van der Waals surface area (Å²) in [5, 5.41) is 0. The fraction of sp³-hybridized carbons (Fsp3) is 0.650. The molecule has 2 unspecified atom stereocenters. The van der Waals surface area contributed by atoms with Crippen LogP contribution in [0.5, 0.6) is 0 Å². The molecule has 0 N–H and O–H groups in total. The lowest BCUT2D eigenvalue weighted by Gasteiger charge is -2.50. The van der Waals surface area contributed by atoms with E-state index in [0.717, 1.165) is 5.57 Å². The Morgan fingerprint density at radius 1 is 1.23 bits per heavy atom. The molecule has 0 aromatic heterocycles. The molecular weight excluding hydrogens is 338 g/mol. The van der Waals surface area contributed by atoms with Crippen LogP contribution in [-0.2, 0) is 4.74 Å². The van der Waals surface area contributed by atoms with E-state index in [1.54, 1.807) is 26.8 Å². The molecule has 2 bridgehead atoms. The maximum absolute atomic E-state index is 14.6. The van der Waals surface area contributed by atoms with E-state index in [4.69, 9.17) is 4.74 Å². The highest BCUT2D eigenvalue weighted by Gasteiger charge is 2.56. The Hall–Kier alpha value is -1.69. The van der Waals surface area contributed by atoms with Crippen molar-refractivity contribution in [3.05, 3.63) is 36.5 Å². The zero-order valence-electron chi connectivity index (χ0n) is 16.2. The second-order valence-corrected chi connectivity index (χ2v) is 8.12. The maximum Gasteiger partial charge on any atom is 0.410 e. The number of amides is 1. The van der Waals surface area contributed by atoms with Crippen molar-refractivity contribution < 1.29 is 18.3 Å². The van der Waals surface area contributed by atoms with E-state index < -0.39 is 29.5 Å². The van der Waals surface area contributed by atoms with Gasteiger partial charge in [0.1, 0.15) is 5.60 Å². The molecule has 2 aliphatic rings. The number of carbonyl (C=O) groups is 1. The van der Waals surface area contributed by atoms with E-state index in [1.165, 1.54) is 4.90 Å². The summed E-state index contributed by atoms with van der Waals surface area (Å²) >= 11 is 0. The molecule has 2 heterocycles. The molecule has 0 aromatic carbocycles. The lowest BCUT2D eigenvalue weighted by atomic mass is 9.80. The van der Waals surface area contributed by atoms with Crippen LogP contribution in [0.2, 0.25) is 0 Å². The van der Waals surface area contributed by atoms with E-state index in [2.05, 4.69) is 6.58 Å². The van der Waals surface area contributed by atoms with Crippen molar-refractivity contribution in [3.8, 4) is 0 Å². The van der Waals surface area contributed by atoms with Gasteiger partial charge >= 0.3 is 6.09 Å². The van der Waals surface area contributed by atoms with Crippen LogP contribution in [0.4, 0.5) is 13.6 Å². The van der Waals surface area contributed by atoms with Crippen molar-refractivity contribution >= 4 is 6.09 Å². The monoisotopic (exact) mass is 368 g/mol.